The SMILES string of the molecule is CCCCC(NC(=O)CCC(=O)C(=O)C(CCC)CC(=O)[C@@H]1C[C@@H](OCc2ccccc2)CN1C(=O)C(CC(=O)CC(C)c1ccccc1)C1CCCCC1)C(N)=O. The van der Waals surface area contributed by atoms with Crippen molar-refractivity contribution in [3.05, 3.63) is 71.8 Å². The van der Waals surface area contributed by atoms with Gasteiger partial charge in [-0.3, -0.25) is 33.6 Å². The van der Waals surface area contributed by atoms with Crippen molar-refractivity contribution < 1.29 is 38.3 Å². The molecule has 2 aliphatic rings. The number of benzene rings is 2. The van der Waals surface area contributed by atoms with Crippen molar-refractivity contribution >= 4 is 40.9 Å². The molecule has 0 radical (unpaired) electrons. The third-order valence-electron chi connectivity index (χ3n) is 12.0. The molecule has 1 aliphatic heterocycles. The van der Waals surface area contributed by atoms with Gasteiger partial charge < -0.3 is 20.7 Å². The lowest BCUT2D eigenvalue weighted by atomic mass is 9.76. The fourth-order valence-electron chi connectivity index (χ4n) is 8.62. The van der Waals surface area contributed by atoms with Gasteiger partial charge in [0.05, 0.1) is 18.8 Å². The molecule has 0 spiro atoms. The molecule has 2 aromatic rings. The van der Waals surface area contributed by atoms with Gasteiger partial charge in [-0.1, -0.05) is 120 Å². The van der Waals surface area contributed by atoms with Crippen LogP contribution in [0.2, 0.25) is 0 Å². The van der Waals surface area contributed by atoms with Gasteiger partial charge in [0.1, 0.15) is 11.8 Å². The van der Waals surface area contributed by atoms with Crippen LogP contribution in [0.4, 0.5) is 0 Å². The number of nitrogens with two attached hydrogens (primary N) is 1. The van der Waals surface area contributed by atoms with Crippen LogP contribution in [0.15, 0.2) is 60.7 Å². The normalized spacial score (nSPS) is 19.1. The van der Waals surface area contributed by atoms with E-state index in [1.165, 1.54) is 0 Å². The molecule has 3 amide bonds. The second kappa shape index (κ2) is 23.8. The second-order valence-corrected chi connectivity index (χ2v) is 16.5. The van der Waals surface area contributed by atoms with Crippen molar-refractivity contribution in [2.75, 3.05) is 6.54 Å². The van der Waals surface area contributed by atoms with E-state index in [4.69, 9.17) is 10.5 Å². The minimum atomic E-state index is -0.910. The first-order valence-corrected chi connectivity index (χ1v) is 21.6. The summed E-state index contributed by atoms with van der Waals surface area (Å²) >= 11 is 0. The molecule has 4 unspecified atom stereocenters. The highest BCUT2D eigenvalue weighted by Crippen LogP contribution is 2.37. The molecule has 2 fully saturated rings. The van der Waals surface area contributed by atoms with Crippen LogP contribution in [0.5, 0.6) is 0 Å². The van der Waals surface area contributed by atoms with Gasteiger partial charge in [-0.05, 0) is 48.6 Å². The maximum atomic E-state index is 14.8. The minimum absolute atomic E-state index is 0.00401. The Morgan fingerprint density at radius 2 is 1.50 bits per heavy atom. The molecule has 0 bridgehead atoms. The molecule has 1 saturated heterocycles. The molecule has 2 aromatic carbocycles. The monoisotopic (exact) mass is 799 g/mol. The van der Waals surface area contributed by atoms with Crippen LogP contribution < -0.4 is 11.1 Å². The van der Waals surface area contributed by atoms with Crippen LogP contribution in [0.3, 0.4) is 0 Å². The fraction of sp³-hybridized carbons (Fsp3) is 0.596. The van der Waals surface area contributed by atoms with Crippen LogP contribution in [-0.4, -0.2) is 70.5 Å². The molecule has 4 rings (SSSR count). The van der Waals surface area contributed by atoms with Crippen molar-refractivity contribution in [2.45, 2.75) is 154 Å². The van der Waals surface area contributed by atoms with E-state index in [1.807, 2.05) is 81.4 Å². The summed E-state index contributed by atoms with van der Waals surface area (Å²) < 4.78 is 6.31. The molecule has 316 valence electrons. The number of amides is 3. The van der Waals surface area contributed by atoms with Gasteiger partial charge in [0.15, 0.2) is 11.6 Å². The number of nitrogens with zero attached hydrogens (tertiary/aromatic N) is 1. The molecule has 1 heterocycles. The summed E-state index contributed by atoms with van der Waals surface area (Å²) in [6.45, 7) is 6.33. The zero-order valence-corrected chi connectivity index (χ0v) is 34.8. The highest BCUT2D eigenvalue weighted by atomic mass is 16.5. The van der Waals surface area contributed by atoms with E-state index in [2.05, 4.69) is 5.32 Å². The third-order valence-corrected chi connectivity index (χ3v) is 12.0. The fourth-order valence-corrected chi connectivity index (χ4v) is 8.62. The topological polar surface area (TPSA) is 170 Å². The average Bonchev–Trinajstić information content (AvgIpc) is 3.67. The summed E-state index contributed by atoms with van der Waals surface area (Å²) in [5.74, 6) is -4.66. The van der Waals surface area contributed by atoms with Gasteiger partial charge in [-0.2, -0.15) is 0 Å². The third kappa shape index (κ3) is 14.1. The molecule has 3 N–H and O–H groups in total. The maximum absolute atomic E-state index is 14.8. The van der Waals surface area contributed by atoms with Crippen LogP contribution in [0, 0.1) is 17.8 Å². The predicted molar refractivity (Wildman–Crippen MR) is 222 cm³/mol. The quantitative estimate of drug-likeness (QED) is 0.101. The lowest BCUT2D eigenvalue weighted by molar-refractivity contribution is -0.145. The van der Waals surface area contributed by atoms with Crippen molar-refractivity contribution in [1.82, 2.24) is 10.2 Å². The highest BCUT2D eigenvalue weighted by Gasteiger charge is 2.45. The van der Waals surface area contributed by atoms with Crippen molar-refractivity contribution in [3.63, 3.8) is 0 Å². The van der Waals surface area contributed by atoms with E-state index < -0.39 is 53.4 Å². The second-order valence-electron chi connectivity index (χ2n) is 16.5. The van der Waals surface area contributed by atoms with E-state index >= 15 is 0 Å². The Bertz CT molecular complexity index is 1670. The summed E-state index contributed by atoms with van der Waals surface area (Å²) in [5, 5.41) is 2.57. The van der Waals surface area contributed by atoms with Crippen molar-refractivity contribution in [1.29, 1.82) is 0 Å². The Morgan fingerprint density at radius 3 is 2.14 bits per heavy atom. The Hall–Kier alpha value is -4.51. The Kier molecular flexibility index (Phi) is 18.9. The molecule has 1 saturated carbocycles. The molecular formula is C47H65N3O8. The Balaban J connectivity index is 1.50. The number of unbranched alkanes of at least 4 members (excludes halogenated alkanes) is 1. The first-order chi connectivity index (χ1) is 27.9. The summed E-state index contributed by atoms with van der Waals surface area (Å²) in [4.78, 5) is 95.7. The van der Waals surface area contributed by atoms with Crippen LogP contribution in [-0.2, 0) is 44.9 Å². The molecule has 11 nitrogen and oxygen atoms in total. The standard InChI is InChI=1S/C47H65N3O8/c1-4-6-23-40(46(48)56)49-44(54)25-24-42(52)45(55)36(16-5-2)27-43(53)41-29-38(58-31-33-17-10-7-11-18-33)30-50(41)47(57)39(35-21-14-9-15-22-35)28-37(51)26-32(3)34-19-12-8-13-20-34/h7-8,10-13,17-20,32,35-36,38-41H,4-6,9,14-16,21-31H2,1-3H3,(H2,48,56)(H,49,54)/t32?,36?,38-,39?,40?,41+/m1/s1. The number of rotatable bonds is 25. The lowest BCUT2D eigenvalue weighted by Gasteiger charge is -2.34. The number of carbonyl (C=O) groups is 7. The zero-order chi connectivity index (χ0) is 42.0. The van der Waals surface area contributed by atoms with Gasteiger partial charge in [0, 0.05) is 56.9 Å². The lowest BCUT2D eigenvalue weighted by Crippen LogP contribution is -2.47. The highest BCUT2D eigenvalue weighted by molar-refractivity contribution is 6.38. The number of hydrogen-bond donors (Lipinski definition) is 2. The smallest absolute Gasteiger partial charge is 0.239 e. The maximum Gasteiger partial charge on any atom is 0.239 e. The number of Topliss-reactive ketones (excluding diaryl/α,β-unsaturated/α-hetero) is 4. The van der Waals surface area contributed by atoms with Crippen LogP contribution in [0.25, 0.3) is 0 Å². The molecule has 58 heavy (non-hydrogen) atoms. The van der Waals surface area contributed by atoms with Gasteiger partial charge >= 0.3 is 0 Å². The largest absolute Gasteiger partial charge is 0.372 e. The van der Waals surface area contributed by atoms with E-state index in [0.717, 1.165) is 49.7 Å². The first-order valence-electron chi connectivity index (χ1n) is 21.6. The van der Waals surface area contributed by atoms with Crippen molar-refractivity contribution in [2.24, 2.45) is 23.5 Å². The number of likely N-dealkylation sites (tertiary alicyclic amines) is 1. The molecule has 11 heteroatoms. The van der Waals surface area contributed by atoms with Gasteiger partial charge in [-0.15, -0.1) is 0 Å². The average molecular weight is 800 g/mol. The summed E-state index contributed by atoms with van der Waals surface area (Å²) in [5.41, 5.74) is 7.47. The van der Waals surface area contributed by atoms with E-state index in [1.54, 1.807) is 4.90 Å². The Morgan fingerprint density at radius 1 is 0.828 bits per heavy atom. The van der Waals surface area contributed by atoms with Gasteiger partial charge in [0.2, 0.25) is 23.5 Å². The zero-order valence-electron chi connectivity index (χ0n) is 34.8. The van der Waals surface area contributed by atoms with Crippen LogP contribution in [0.1, 0.15) is 141 Å². The molecule has 0 aromatic heterocycles. The summed E-state index contributed by atoms with van der Waals surface area (Å²) in [7, 11) is 0. The van der Waals surface area contributed by atoms with E-state index in [-0.39, 0.29) is 74.4 Å². The summed E-state index contributed by atoms with van der Waals surface area (Å²) in [6, 6.07) is 17.8. The van der Waals surface area contributed by atoms with Crippen molar-refractivity contribution in [3.8, 4) is 0 Å². The number of hydrogen-bond acceptors (Lipinski definition) is 8. The number of nitrogens with one attached hydrogen (secondary N) is 1. The number of primary amides is 1. The van der Waals surface area contributed by atoms with Crippen LogP contribution >= 0.6 is 0 Å². The molecule has 1 aliphatic carbocycles. The van der Waals surface area contributed by atoms with E-state index in [0.29, 0.717) is 32.3 Å². The van der Waals surface area contributed by atoms with E-state index in [9.17, 15) is 33.6 Å². The number of ether oxygens (including phenoxy) is 1. The predicted octanol–water partition coefficient (Wildman–Crippen LogP) is 6.98. The number of carbonyl (C=O) groups excluding carboxylic acids is 7. The molecular weight excluding hydrogens is 735 g/mol. The number of ketones is 4. The Labute approximate surface area is 344 Å². The molecule has 6 atom stereocenters. The first kappa shape index (κ1) is 46.2. The van der Waals surface area contributed by atoms with Gasteiger partial charge in [0.25, 0.3) is 0 Å². The minimum Gasteiger partial charge on any atom is -0.372 e. The van der Waals surface area contributed by atoms with Gasteiger partial charge in [-0.25, -0.2) is 0 Å². The summed E-state index contributed by atoms with van der Waals surface area (Å²) in [6.07, 6.45) is 6.78.